The van der Waals surface area contributed by atoms with Gasteiger partial charge in [0.1, 0.15) is 11.5 Å². The van der Waals surface area contributed by atoms with Gasteiger partial charge < -0.3 is 14.5 Å². The molecule has 1 saturated carbocycles. The second-order valence-electron chi connectivity index (χ2n) is 8.10. The molecule has 2 aliphatic heterocycles. The highest BCUT2D eigenvalue weighted by Crippen LogP contribution is 2.43. The van der Waals surface area contributed by atoms with Gasteiger partial charge in [0.25, 0.3) is 0 Å². The second-order valence-corrected chi connectivity index (χ2v) is 8.10. The molecule has 0 radical (unpaired) electrons. The van der Waals surface area contributed by atoms with Crippen molar-refractivity contribution in [2.24, 2.45) is 11.8 Å². The fourth-order valence-corrected chi connectivity index (χ4v) is 4.52. The number of furan rings is 1. The summed E-state index contributed by atoms with van der Waals surface area (Å²) >= 11 is 0. The highest BCUT2D eigenvalue weighted by molar-refractivity contribution is 5.79. The highest BCUT2D eigenvalue weighted by atomic mass is 19.3. The molecule has 0 bridgehead atoms. The zero-order valence-corrected chi connectivity index (χ0v) is 15.1. The number of ether oxygens (including phenoxy) is 1. The van der Waals surface area contributed by atoms with Crippen molar-refractivity contribution >= 4 is 5.91 Å². The molecular formula is C19H26F2N2O3. The fraction of sp³-hybridized carbons (Fsp3) is 0.737. The normalized spacial score (nSPS) is 27.3. The number of nitrogens with one attached hydrogen (secondary N) is 1. The number of rotatable bonds is 6. The maximum atomic E-state index is 12.9. The van der Waals surface area contributed by atoms with Gasteiger partial charge in [-0.1, -0.05) is 0 Å². The van der Waals surface area contributed by atoms with Gasteiger partial charge in [0.05, 0.1) is 12.1 Å². The summed E-state index contributed by atoms with van der Waals surface area (Å²) in [6, 6.07) is 3.98. The van der Waals surface area contributed by atoms with Gasteiger partial charge in [-0.3, -0.25) is 9.69 Å². The lowest BCUT2D eigenvalue weighted by atomic mass is 9.78. The van der Waals surface area contributed by atoms with Crippen molar-refractivity contribution in [2.45, 2.75) is 50.7 Å². The zero-order chi connectivity index (χ0) is 18.4. The number of alkyl halides is 2. The maximum absolute atomic E-state index is 12.9. The average Bonchev–Trinajstić information content (AvgIpc) is 3.11. The number of amides is 1. The van der Waals surface area contributed by atoms with E-state index in [1.54, 1.807) is 0 Å². The van der Waals surface area contributed by atoms with E-state index in [2.05, 4.69) is 10.2 Å². The molecule has 26 heavy (non-hydrogen) atoms. The quantitative estimate of drug-likeness (QED) is 0.839. The molecule has 1 atom stereocenters. The Morgan fingerprint density at radius 2 is 2.12 bits per heavy atom. The van der Waals surface area contributed by atoms with Gasteiger partial charge in [0.15, 0.2) is 0 Å². The van der Waals surface area contributed by atoms with Crippen LogP contribution in [0.3, 0.4) is 0 Å². The number of nitrogens with zero attached hydrogens (tertiary/aromatic N) is 1. The number of hydrogen-bond donors (Lipinski definition) is 1. The van der Waals surface area contributed by atoms with Gasteiger partial charge in [0, 0.05) is 45.0 Å². The third-order valence-electron chi connectivity index (χ3n) is 6.01. The van der Waals surface area contributed by atoms with Crippen molar-refractivity contribution in [1.82, 2.24) is 10.2 Å². The van der Waals surface area contributed by atoms with E-state index in [0.717, 1.165) is 50.6 Å². The Morgan fingerprint density at radius 3 is 2.77 bits per heavy atom. The van der Waals surface area contributed by atoms with Crippen LogP contribution in [-0.4, -0.2) is 48.6 Å². The zero-order valence-electron chi connectivity index (χ0n) is 15.1. The molecule has 4 rings (SSSR count). The number of halogens is 2. The Balaban J connectivity index is 1.20. The molecule has 3 aliphatic rings. The first-order chi connectivity index (χ1) is 12.4. The summed E-state index contributed by atoms with van der Waals surface area (Å²) in [7, 11) is 0. The molecule has 2 saturated heterocycles. The number of carbonyl (C=O) groups excluding carboxylic acids is 1. The monoisotopic (exact) mass is 368 g/mol. The van der Waals surface area contributed by atoms with Crippen molar-refractivity contribution in [3.8, 4) is 0 Å². The van der Waals surface area contributed by atoms with E-state index >= 15 is 0 Å². The van der Waals surface area contributed by atoms with Gasteiger partial charge in [-0.05, 0) is 37.8 Å². The van der Waals surface area contributed by atoms with E-state index in [9.17, 15) is 13.6 Å². The first kappa shape index (κ1) is 17.9. The molecule has 1 N–H and O–H groups in total. The van der Waals surface area contributed by atoms with Crippen LogP contribution < -0.4 is 5.32 Å². The smallest absolute Gasteiger partial charge is 0.249 e. The summed E-state index contributed by atoms with van der Waals surface area (Å²) in [5.41, 5.74) is -0.115. The Kier molecular flexibility index (Phi) is 4.55. The second kappa shape index (κ2) is 6.60. The summed E-state index contributed by atoms with van der Waals surface area (Å²) in [5.74, 6) is -1.10. The lowest BCUT2D eigenvalue weighted by Gasteiger charge is -2.50. The van der Waals surface area contributed by atoms with Crippen molar-refractivity contribution in [3.63, 3.8) is 0 Å². The predicted molar refractivity (Wildman–Crippen MR) is 90.8 cm³/mol. The Morgan fingerprint density at radius 1 is 1.35 bits per heavy atom. The van der Waals surface area contributed by atoms with Gasteiger partial charge in [-0.15, -0.1) is 0 Å². The van der Waals surface area contributed by atoms with Gasteiger partial charge in [-0.2, -0.15) is 0 Å². The first-order valence-corrected chi connectivity index (χ1v) is 9.42. The van der Waals surface area contributed by atoms with Gasteiger partial charge in [0.2, 0.25) is 11.8 Å². The topological polar surface area (TPSA) is 54.7 Å². The van der Waals surface area contributed by atoms with E-state index in [1.165, 1.54) is 0 Å². The van der Waals surface area contributed by atoms with E-state index < -0.39 is 11.8 Å². The summed E-state index contributed by atoms with van der Waals surface area (Å²) in [4.78, 5) is 14.2. The van der Waals surface area contributed by atoms with E-state index in [0.29, 0.717) is 12.5 Å². The average molecular weight is 368 g/mol. The molecule has 0 aromatic carbocycles. The third kappa shape index (κ3) is 3.51. The minimum Gasteiger partial charge on any atom is -0.465 e. The number of hydrogen-bond acceptors (Lipinski definition) is 4. The van der Waals surface area contributed by atoms with Crippen LogP contribution in [0, 0.1) is 18.8 Å². The Hall–Kier alpha value is -1.47. The summed E-state index contributed by atoms with van der Waals surface area (Å²) in [6.45, 7) is 5.77. The molecule has 5 nitrogen and oxygen atoms in total. The number of likely N-dealkylation sites (tertiary alicyclic amines) is 1. The van der Waals surface area contributed by atoms with Crippen LogP contribution in [0.2, 0.25) is 0 Å². The minimum atomic E-state index is -2.65. The molecule has 7 heteroatoms. The largest absolute Gasteiger partial charge is 0.465 e. The minimum absolute atomic E-state index is 0.115. The van der Waals surface area contributed by atoms with Crippen molar-refractivity contribution < 1.29 is 22.7 Å². The summed E-state index contributed by atoms with van der Waals surface area (Å²) in [6.07, 6.45) is 1.21. The molecule has 3 fully saturated rings. The van der Waals surface area contributed by atoms with Crippen molar-refractivity contribution in [2.75, 3.05) is 26.2 Å². The lowest BCUT2D eigenvalue weighted by molar-refractivity contribution is -0.150. The van der Waals surface area contributed by atoms with E-state index in [4.69, 9.17) is 9.15 Å². The number of carbonyl (C=O) groups is 1. The molecule has 1 unspecified atom stereocenters. The van der Waals surface area contributed by atoms with Crippen LogP contribution in [0.1, 0.15) is 37.2 Å². The number of aryl methyl sites for hydroxylation is 1. The molecule has 1 spiro atoms. The van der Waals surface area contributed by atoms with Crippen LogP contribution >= 0.6 is 0 Å². The van der Waals surface area contributed by atoms with Gasteiger partial charge in [-0.25, -0.2) is 8.78 Å². The SMILES string of the molecule is Cc1ccc(CN2CC3(C2)OCCC3CCNC(=O)C2CC(F)(F)C2)o1. The Labute approximate surface area is 152 Å². The maximum Gasteiger partial charge on any atom is 0.249 e. The molecular weight excluding hydrogens is 342 g/mol. The molecule has 1 aromatic rings. The van der Waals surface area contributed by atoms with E-state index in [1.807, 2.05) is 19.1 Å². The van der Waals surface area contributed by atoms with Crippen LogP contribution in [0.4, 0.5) is 8.78 Å². The molecule has 3 heterocycles. The first-order valence-electron chi connectivity index (χ1n) is 9.42. The standard InChI is InChI=1S/C19H26F2N2O3/c1-13-2-3-16(26-13)10-23-11-18(12-23)15(5-7-25-18)4-6-22-17(24)14-8-19(20,21)9-14/h2-3,14-15H,4-12H2,1H3,(H,22,24). The van der Waals surface area contributed by atoms with Gasteiger partial charge >= 0.3 is 0 Å². The fourth-order valence-electron chi connectivity index (χ4n) is 4.52. The lowest BCUT2D eigenvalue weighted by Crippen LogP contribution is -2.64. The highest BCUT2D eigenvalue weighted by Gasteiger charge is 2.53. The molecule has 1 amide bonds. The Bertz CT molecular complexity index is 661. The summed E-state index contributed by atoms with van der Waals surface area (Å²) < 4.78 is 37.4. The van der Waals surface area contributed by atoms with Crippen LogP contribution in [0.5, 0.6) is 0 Å². The van der Waals surface area contributed by atoms with E-state index in [-0.39, 0.29) is 24.3 Å². The predicted octanol–water partition coefficient (Wildman–Crippen LogP) is 2.73. The molecule has 1 aromatic heterocycles. The molecule has 144 valence electrons. The summed E-state index contributed by atoms with van der Waals surface area (Å²) in [5, 5.41) is 2.83. The van der Waals surface area contributed by atoms with Crippen molar-refractivity contribution in [3.05, 3.63) is 23.7 Å². The van der Waals surface area contributed by atoms with Crippen LogP contribution in [0.15, 0.2) is 16.5 Å². The third-order valence-corrected chi connectivity index (χ3v) is 6.01. The van der Waals surface area contributed by atoms with Crippen LogP contribution in [0.25, 0.3) is 0 Å². The van der Waals surface area contributed by atoms with Crippen molar-refractivity contribution in [1.29, 1.82) is 0 Å². The molecule has 1 aliphatic carbocycles. The van der Waals surface area contributed by atoms with Crippen LogP contribution in [-0.2, 0) is 16.1 Å².